The van der Waals surface area contributed by atoms with Crippen molar-refractivity contribution in [2.75, 3.05) is 7.05 Å². The fourth-order valence-electron chi connectivity index (χ4n) is 1.88. The average Bonchev–Trinajstić information content (AvgIpc) is 2.81. The predicted molar refractivity (Wildman–Crippen MR) is 70.3 cm³/mol. The lowest BCUT2D eigenvalue weighted by atomic mass is 10.0. The summed E-state index contributed by atoms with van der Waals surface area (Å²) in [6.07, 6.45) is 3.97. The molecule has 2 rings (SSSR count). The highest BCUT2D eigenvalue weighted by Gasteiger charge is 2.13. The van der Waals surface area contributed by atoms with Gasteiger partial charge >= 0.3 is 0 Å². The van der Waals surface area contributed by atoms with Crippen molar-refractivity contribution in [2.24, 2.45) is 0 Å². The van der Waals surface area contributed by atoms with Crippen molar-refractivity contribution in [3.63, 3.8) is 0 Å². The van der Waals surface area contributed by atoms with Crippen molar-refractivity contribution in [1.82, 2.24) is 15.1 Å². The molecular weight excluding hydrogens is 234 g/mol. The molecule has 0 aliphatic rings. The van der Waals surface area contributed by atoms with E-state index in [1.54, 1.807) is 0 Å². The Kier molecular flexibility index (Phi) is 3.82. The standard InChI is InChI=1S/C13H16ClN3/c1-3-17-9-11(8-16-17)13(15-2)10-4-6-12(14)7-5-10/h4-9,13,15H,3H2,1-2H3. The van der Waals surface area contributed by atoms with Crippen LogP contribution in [0.2, 0.25) is 5.02 Å². The third-order valence-electron chi connectivity index (χ3n) is 2.80. The van der Waals surface area contributed by atoms with Crippen LogP contribution in [0, 0.1) is 0 Å². The Morgan fingerprint density at radius 3 is 2.53 bits per heavy atom. The molecule has 90 valence electrons. The van der Waals surface area contributed by atoms with Crippen LogP contribution >= 0.6 is 11.6 Å². The molecule has 17 heavy (non-hydrogen) atoms. The Labute approximate surface area is 106 Å². The molecule has 0 aliphatic heterocycles. The molecule has 1 atom stereocenters. The van der Waals surface area contributed by atoms with Gasteiger partial charge in [-0.15, -0.1) is 0 Å². The number of nitrogens with one attached hydrogen (secondary N) is 1. The minimum Gasteiger partial charge on any atom is -0.309 e. The van der Waals surface area contributed by atoms with Gasteiger partial charge in [-0.3, -0.25) is 4.68 Å². The molecule has 0 amide bonds. The molecule has 2 aromatic rings. The molecule has 1 unspecified atom stereocenters. The van der Waals surface area contributed by atoms with Crippen LogP contribution in [0.3, 0.4) is 0 Å². The van der Waals surface area contributed by atoms with Gasteiger partial charge in [0.1, 0.15) is 0 Å². The topological polar surface area (TPSA) is 29.9 Å². The smallest absolute Gasteiger partial charge is 0.0605 e. The first-order valence-electron chi connectivity index (χ1n) is 5.69. The van der Waals surface area contributed by atoms with Crippen molar-refractivity contribution in [3.05, 3.63) is 52.8 Å². The van der Waals surface area contributed by atoms with E-state index in [0.29, 0.717) is 0 Å². The van der Waals surface area contributed by atoms with Crippen LogP contribution in [-0.4, -0.2) is 16.8 Å². The van der Waals surface area contributed by atoms with Gasteiger partial charge in [0.25, 0.3) is 0 Å². The Morgan fingerprint density at radius 1 is 1.29 bits per heavy atom. The Hall–Kier alpha value is -1.32. The third kappa shape index (κ3) is 2.68. The molecule has 0 fully saturated rings. The summed E-state index contributed by atoms with van der Waals surface area (Å²) in [5, 5.41) is 8.35. The van der Waals surface area contributed by atoms with Crippen LogP contribution in [0.15, 0.2) is 36.7 Å². The molecule has 0 aliphatic carbocycles. The summed E-state index contributed by atoms with van der Waals surface area (Å²) in [5.74, 6) is 0. The maximum absolute atomic E-state index is 5.90. The molecule has 1 heterocycles. The summed E-state index contributed by atoms with van der Waals surface area (Å²) in [7, 11) is 1.95. The number of nitrogens with zero attached hydrogens (tertiary/aromatic N) is 2. The Morgan fingerprint density at radius 2 is 2.00 bits per heavy atom. The zero-order valence-electron chi connectivity index (χ0n) is 10.0. The van der Waals surface area contributed by atoms with Crippen LogP contribution in [0.4, 0.5) is 0 Å². The van der Waals surface area contributed by atoms with Crippen molar-refractivity contribution >= 4 is 11.6 Å². The largest absolute Gasteiger partial charge is 0.309 e. The molecular formula is C13H16ClN3. The number of hydrogen-bond acceptors (Lipinski definition) is 2. The molecule has 4 heteroatoms. The van der Waals surface area contributed by atoms with Crippen molar-refractivity contribution in [1.29, 1.82) is 0 Å². The van der Waals surface area contributed by atoms with Crippen LogP contribution in [0.1, 0.15) is 24.1 Å². The zero-order chi connectivity index (χ0) is 12.3. The summed E-state index contributed by atoms with van der Waals surface area (Å²) in [4.78, 5) is 0. The number of halogens is 1. The van der Waals surface area contributed by atoms with Crippen molar-refractivity contribution in [3.8, 4) is 0 Å². The monoisotopic (exact) mass is 249 g/mol. The van der Waals surface area contributed by atoms with Gasteiger partial charge in [-0.2, -0.15) is 5.10 Å². The van der Waals surface area contributed by atoms with E-state index in [4.69, 9.17) is 11.6 Å². The average molecular weight is 250 g/mol. The number of aromatic nitrogens is 2. The number of rotatable bonds is 4. The second-order valence-electron chi connectivity index (χ2n) is 3.90. The second-order valence-corrected chi connectivity index (χ2v) is 4.34. The highest BCUT2D eigenvalue weighted by atomic mass is 35.5. The van der Waals surface area contributed by atoms with E-state index in [2.05, 4.69) is 23.5 Å². The third-order valence-corrected chi connectivity index (χ3v) is 3.05. The lowest BCUT2D eigenvalue weighted by Crippen LogP contribution is -2.17. The van der Waals surface area contributed by atoms with E-state index in [0.717, 1.165) is 17.1 Å². The van der Waals surface area contributed by atoms with E-state index in [9.17, 15) is 0 Å². The number of aryl methyl sites for hydroxylation is 1. The first-order valence-corrected chi connectivity index (χ1v) is 6.07. The maximum atomic E-state index is 5.90. The number of hydrogen-bond donors (Lipinski definition) is 1. The quantitative estimate of drug-likeness (QED) is 0.903. The molecule has 0 radical (unpaired) electrons. The van der Waals surface area contributed by atoms with E-state index >= 15 is 0 Å². The molecule has 0 saturated heterocycles. The van der Waals surface area contributed by atoms with Gasteiger partial charge in [-0.25, -0.2) is 0 Å². The van der Waals surface area contributed by atoms with Crippen molar-refractivity contribution in [2.45, 2.75) is 19.5 Å². The summed E-state index contributed by atoms with van der Waals surface area (Å²) in [6.45, 7) is 2.96. The van der Waals surface area contributed by atoms with E-state index < -0.39 is 0 Å². The van der Waals surface area contributed by atoms with Gasteiger partial charge < -0.3 is 5.32 Å². The first kappa shape index (κ1) is 12.1. The molecule has 1 aromatic heterocycles. The summed E-state index contributed by atoms with van der Waals surface area (Å²) >= 11 is 5.90. The fraction of sp³-hybridized carbons (Fsp3) is 0.308. The van der Waals surface area contributed by atoms with Gasteiger partial charge in [-0.05, 0) is 31.7 Å². The Balaban J connectivity index is 2.29. The van der Waals surface area contributed by atoms with Crippen LogP contribution in [0.5, 0.6) is 0 Å². The molecule has 1 aromatic carbocycles. The second kappa shape index (κ2) is 5.34. The van der Waals surface area contributed by atoms with Gasteiger partial charge in [0.05, 0.1) is 12.2 Å². The highest BCUT2D eigenvalue weighted by Crippen LogP contribution is 2.22. The summed E-state index contributed by atoms with van der Waals surface area (Å²) in [5.41, 5.74) is 2.35. The van der Waals surface area contributed by atoms with Gasteiger partial charge in [0.15, 0.2) is 0 Å². The molecule has 1 N–H and O–H groups in total. The van der Waals surface area contributed by atoms with Gasteiger partial charge in [-0.1, -0.05) is 23.7 Å². The minimum atomic E-state index is 0.160. The SMILES string of the molecule is CCn1cc(C(NC)c2ccc(Cl)cc2)cn1. The van der Waals surface area contributed by atoms with Gasteiger partial charge in [0, 0.05) is 23.3 Å². The molecule has 3 nitrogen and oxygen atoms in total. The van der Waals surface area contributed by atoms with Crippen LogP contribution < -0.4 is 5.32 Å². The Bertz CT molecular complexity index is 476. The van der Waals surface area contributed by atoms with E-state index in [-0.39, 0.29) is 6.04 Å². The lowest BCUT2D eigenvalue weighted by Gasteiger charge is -2.14. The first-order chi connectivity index (χ1) is 8.24. The van der Waals surface area contributed by atoms with Crippen molar-refractivity contribution < 1.29 is 0 Å². The molecule has 0 saturated carbocycles. The molecule has 0 bridgehead atoms. The zero-order valence-corrected chi connectivity index (χ0v) is 10.8. The van der Waals surface area contributed by atoms with E-state index in [1.165, 1.54) is 5.56 Å². The minimum absolute atomic E-state index is 0.160. The normalized spacial score (nSPS) is 12.6. The van der Waals surface area contributed by atoms with Gasteiger partial charge in [0.2, 0.25) is 0 Å². The summed E-state index contributed by atoms with van der Waals surface area (Å²) < 4.78 is 1.93. The fourth-order valence-corrected chi connectivity index (χ4v) is 2.01. The lowest BCUT2D eigenvalue weighted by molar-refractivity contribution is 0.653. The molecule has 0 spiro atoms. The number of benzene rings is 1. The maximum Gasteiger partial charge on any atom is 0.0605 e. The predicted octanol–water partition coefficient (Wildman–Crippen LogP) is 2.87. The highest BCUT2D eigenvalue weighted by molar-refractivity contribution is 6.30. The van der Waals surface area contributed by atoms with Crippen LogP contribution in [-0.2, 0) is 6.54 Å². The van der Waals surface area contributed by atoms with E-state index in [1.807, 2.05) is 42.2 Å². The summed E-state index contributed by atoms with van der Waals surface area (Å²) in [6, 6.07) is 8.05. The van der Waals surface area contributed by atoms with Crippen LogP contribution in [0.25, 0.3) is 0 Å².